The van der Waals surface area contributed by atoms with Gasteiger partial charge >= 0.3 is 6.36 Å². The quantitative estimate of drug-likeness (QED) is 0.872. The lowest BCUT2D eigenvalue weighted by Crippen LogP contribution is -2.17. The molecule has 0 aliphatic rings. The van der Waals surface area contributed by atoms with Crippen LogP contribution in [0.15, 0.2) is 18.2 Å². The molecule has 90 valence electrons. The molecule has 0 heterocycles. The fourth-order valence-corrected chi connectivity index (χ4v) is 1.13. The summed E-state index contributed by atoms with van der Waals surface area (Å²) in [6.07, 6.45) is -4.76. The van der Waals surface area contributed by atoms with Crippen molar-refractivity contribution in [1.29, 1.82) is 0 Å². The van der Waals surface area contributed by atoms with Crippen LogP contribution in [0.5, 0.6) is 11.5 Å². The SMILES string of the molecule is CCOc1cc(CO)ccc1OC(F)(F)F. The number of benzene rings is 1. The van der Waals surface area contributed by atoms with Crippen molar-refractivity contribution in [2.45, 2.75) is 19.9 Å². The molecule has 6 heteroatoms. The van der Waals surface area contributed by atoms with Gasteiger partial charge in [-0.3, -0.25) is 0 Å². The van der Waals surface area contributed by atoms with E-state index in [2.05, 4.69) is 4.74 Å². The van der Waals surface area contributed by atoms with Crippen molar-refractivity contribution in [1.82, 2.24) is 0 Å². The highest BCUT2D eigenvalue weighted by atomic mass is 19.4. The van der Waals surface area contributed by atoms with Gasteiger partial charge in [0.25, 0.3) is 0 Å². The summed E-state index contributed by atoms with van der Waals surface area (Å²) < 4.78 is 44.8. The Morgan fingerprint density at radius 1 is 1.25 bits per heavy atom. The Bertz CT molecular complexity index is 350. The summed E-state index contributed by atoms with van der Waals surface area (Å²) in [6.45, 7) is 1.58. The van der Waals surface area contributed by atoms with Gasteiger partial charge in [-0.25, -0.2) is 0 Å². The average molecular weight is 236 g/mol. The Hall–Kier alpha value is -1.43. The zero-order valence-corrected chi connectivity index (χ0v) is 8.54. The van der Waals surface area contributed by atoms with E-state index in [0.29, 0.717) is 5.56 Å². The number of halogens is 3. The molecule has 3 nitrogen and oxygen atoms in total. The number of hydrogen-bond acceptors (Lipinski definition) is 3. The predicted molar refractivity (Wildman–Crippen MR) is 50.2 cm³/mol. The van der Waals surface area contributed by atoms with E-state index >= 15 is 0 Å². The number of aliphatic hydroxyl groups excluding tert-OH is 1. The largest absolute Gasteiger partial charge is 0.573 e. The predicted octanol–water partition coefficient (Wildman–Crippen LogP) is 2.48. The number of hydrogen-bond donors (Lipinski definition) is 1. The van der Waals surface area contributed by atoms with Gasteiger partial charge < -0.3 is 14.6 Å². The topological polar surface area (TPSA) is 38.7 Å². The van der Waals surface area contributed by atoms with Crippen LogP contribution in [0, 0.1) is 0 Å². The molecule has 1 rings (SSSR count). The smallest absolute Gasteiger partial charge is 0.490 e. The molecule has 1 aromatic rings. The third-order valence-corrected chi connectivity index (χ3v) is 1.72. The first kappa shape index (κ1) is 12.6. The highest BCUT2D eigenvalue weighted by molar-refractivity contribution is 5.42. The van der Waals surface area contributed by atoms with Crippen LogP contribution < -0.4 is 9.47 Å². The Kier molecular flexibility index (Phi) is 4.00. The van der Waals surface area contributed by atoms with Gasteiger partial charge in [0.1, 0.15) is 0 Å². The molecule has 0 amide bonds. The summed E-state index contributed by atoms with van der Waals surface area (Å²) in [5, 5.41) is 8.84. The van der Waals surface area contributed by atoms with Crippen molar-refractivity contribution in [3.05, 3.63) is 23.8 Å². The van der Waals surface area contributed by atoms with Crippen LogP contribution in [-0.2, 0) is 6.61 Å². The molecule has 0 atom stereocenters. The van der Waals surface area contributed by atoms with Crippen LogP contribution in [0.3, 0.4) is 0 Å². The van der Waals surface area contributed by atoms with Gasteiger partial charge in [0.2, 0.25) is 0 Å². The zero-order valence-electron chi connectivity index (χ0n) is 8.54. The van der Waals surface area contributed by atoms with E-state index in [-0.39, 0.29) is 19.0 Å². The summed E-state index contributed by atoms with van der Waals surface area (Å²) in [5.74, 6) is -0.446. The third kappa shape index (κ3) is 3.62. The molecule has 0 aromatic heterocycles. The number of rotatable bonds is 4. The maximum absolute atomic E-state index is 12.0. The Balaban J connectivity index is 2.98. The number of ether oxygens (including phenoxy) is 2. The first-order valence-electron chi connectivity index (χ1n) is 4.58. The van der Waals surface area contributed by atoms with Gasteiger partial charge in [-0.2, -0.15) is 0 Å². The van der Waals surface area contributed by atoms with Crippen molar-refractivity contribution in [2.24, 2.45) is 0 Å². The molecule has 0 fully saturated rings. The first-order chi connectivity index (χ1) is 7.46. The fraction of sp³-hybridized carbons (Fsp3) is 0.400. The summed E-state index contributed by atoms with van der Waals surface area (Å²) in [4.78, 5) is 0. The van der Waals surface area contributed by atoms with Crippen LogP contribution in [-0.4, -0.2) is 18.1 Å². The van der Waals surface area contributed by atoms with E-state index in [1.54, 1.807) is 6.92 Å². The average Bonchev–Trinajstić information content (AvgIpc) is 2.19. The van der Waals surface area contributed by atoms with E-state index in [1.165, 1.54) is 12.1 Å². The van der Waals surface area contributed by atoms with Crippen LogP contribution in [0.1, 0.15) is 12.5 Å². The first-order valence-corrected chi connectivity index (χ1v) is 4.58. The lowest BCUT2D eigenvalue weighted by molar-refractivity contribution is -0.275. The molecule has 1 N–H and O–H groups in total. The van der Waals surface area contributed by atoms with Crippen molar-refractivity contribution in [3.8, 4) is 11.5 Å². The molecule has 0 spiro atoms. The van der Waals surface area contributed by atoms with Gasteiger partial charge in [-0.05, 0) is 24.6 Å². The minimum absolute atomic E-state index is 0.0358. The standard InChI is InChI=1S/C10H11F3O3/c1-2-15-9-5-7(6-14)3-4-8(9)16-10(11,12)13/h3-5,14H,2,6H2,1H3. The highest BCUT2D eigenvalue weighted by Crippen LogP contribution is 2.33. The Morgan fingerprint density at radius 2 is 1.94 bits per heavy atom. The molecule has 0 aliphatic heterocycles. The van der Waals surface area contributed by atoms with Gasteiger partial charge in [0, 0.05) is 0 Å². The molecule has 16 heavy (non-hydrogen) atoms. The van der Waals surface area contributed by atoms with E-state index in [0.717, 1.165) is 6.07 Å². The molecule has 0 saturated heterocycles. The van der Waals surface area contributed by atoms with Crippen LogP contribution in [0.25, 0.3) is 0 Å². The van der Waals surface area contributed by atoms with E-state index in [9.17, 15) is 13.2 Å². The summed E-state index contributed by atoms with van der Waals surface area (Å²) >= 11 is 0. The molecule has 0 aliphatic carbocycles. The highest BCUT2D eigenvalue weighted by Gasteiger charge is 2.32. The van der Waals surface area contributed by atoms with Gasteiger partial charge in [0.05, 0.1) is 13.2 Å². The van der Waals surface area contributed by atoms with E-state index in [4.69, 9.17) is 9.84 Å². The summed E-state index contributed by atoms with van der Waals surface area (Å²) in [5.41, 5.74) is 0.456. The van der Waals surface area contributed by atoms with Crippen molar-refractivity contribution < 1.29 is 27.8 Å². The van der Waals surface area contributed by atoms with Gasteiger partial charge in [-0.15, -0.1) is 13.2 Å². The summed E-state index contributed by atoms with van der Waals surface area (Å²) in [7, 11) is 0. The molecule has 0 unspecified atom stereocenters. The summed E-state index contributed by atoms with van der Waals surface area (Å²) in [6, 6.07) is 3.76. The van der Waals surface area contributed by atoms with Crippen molar-refractivity contribution in [2.75, 3.05) is 6.61 Å². The lowest BCUT2D eigenvalue weighted by Gasteiger charge is -2.14. The minimum atomic E-state index is -4.76. The van der Waals surface area contributed by atoms with Crippen LogP contribution >= 0.6 is 0 Å². The van der Waals surface area contributed by atoms with Gasteiger partial charge in [0.15, 0.2) is 11.5 Å². The maximum atomic E-state index is 12.0. The Morgan fingerprint density at radius 3 is 2.44 bits per heavy atom. The molecule has 0 bridgehead atoms. The van der Waals surface area contributed by atoms with Crippen molar-refractivity contribution in [3.63, 3.8) is 0 Å². The molecular formula is C10H11F3O3. The molecule has 0 radical (unpaired) electrons. The molecule has 0 saturated carbocycles. The third-order valence-electron chi connectivity index (χ3n) is 1.72. The normalized spacial score (nSPS) is 11.3. The van der Waals surface area contributed by atoms with Crippen LogP contribution in [0.2, 0.25) is 0 Å². The Labute approximate surface area is 90.4 Å². The molecular weight excluding hydrogens is 225 g/mol. The second-order valence-electron chi connectivity index (χ2n) is 2.92. The fourth-order valence-electron chi connectivity index (χ4n) is 1.13. The van der Waals surface area contributed by atoms with Gasteiger partial charge in [-0.1, -0.05) is 6.07 Å². The lowest BCUT2D eigenvalue weighted by atomic mass is 10.2. The maximum Gasteiger partial charge on any atom is 0.573 e. The minimum Gasteiger partial charge on any atom is -0.490 e. The monoisotopic (exact) mass is 236 g/mol. The van der Waals surface area contributed by atoms with Crippen molar-refractivity contribution >= 4 is 0 Å². The zero-order chi connectivity index (χ0) is 12.2. The van der Waals surface area contributed by atoms with E-state index in [1.807, 2.05) is 0 Å². The number of aliphatic hydroxyl groups is 1. The second-order valence-corrected chi connectivity index (χ2v) is 2.92. The molecule has 1 aromatic carbocycles. The number of alkyl halides is 3. The van der Waals surface area contributed by atoms with Crippen LogP contribution in [0.4, 0.5) is 13.2 Å². The second kappa shape index (κ2) is 5.07. The van der Waals surface area contributed by atoms with E-state index < -0.39 is 12.1 Å².